The lowest BCUT2D eigenvalue weighted by Gasteiger charge is -2.01. The Balaban J connectivity index is 1.77. The van der Waals surface area contributed by atoms with Gasteiger partial charge in [-0.3, -0.25) is 4.79 Å². The van der Waals surface area contributed by atoms with Gasteiger partial charge >= 0.3 is 0 Å². The van der Waals surface area contributed by atoms with E-state index in [1.807, 2.05) is 31.2 Å². The number of methoxy groups -OCH3 is 1. The van der Waals surface area contributed by atoms with Gasteiger partial charge in [-0.25, -0.2) is 4.98 Å². The van der Waals surface area contributed by atoms with Gasteiger partial charge in [-0.2, -0.15) is 0 Å². The molecule has 1 saturated carbocycles. The first-order chi connectivity index (χ1) is 10.2. The summed E-state index contributed by atoms with van der Waals surface area (Å²) < 4.78 is 5.24. The van der Waals surface area contributed by atoms with Crippen molar-refractivity contribution in [2.45, 2.75) is 32.2 Å². The van der Waals surface area contributed by atoms with Gasteiger partial charge in [0.05, 0.1) is 19.2 Å². The van der Waals surface area contributed by atoms with Gasteiger partial charge in [-0.15, -0.1) is 11.3 Å². The van der Waals surface area contributed by atoms with E-state index in [1.165, 1.54) is 0 Å². The summed E-state index contributed by atoms with van der Waals surface area (Å²) in [7, 11) is 1.65. The summed E-state index contributed by atoms with van der Waals surface area (Å²) in [6, 6.07) is 8.24. The van der Waals surface area contributed by atoms with Crippen LogP contribution in [0.4, 0.5) is 0 Å². The van der Waals surface area contributed by atoms with Crippen molar-refractivity contribution in [3.8, 4) is 16.3 Å². The van der Waals surface area contributed by atoms with E-state index in [0.717, 1.165) is 39.7 Å². The van der Waals surface area contributed by atoms with Gasteiger partial charge in [0.2, 0.25) is 5.91 Å². The van der Waals surface area contributed by atoms with Crippen LogP contribution < -0.4 is 10.1 Å². The smallest absolute Gasteiger partial charge is 0.225 e. The lowest BCUT2D eigenvalue weighted by molar-refractivity contribution is -0.120. The molecule has 0 radical (unpaired) electrons. The van der Waals surface area contributed by atoms with Gasteiger partial charge in [-0.1, -0.05) is 12.1 Å². The SMILES string of the molecule is COc1cccc(-c2nc(C)c(CC(=O)NC3CC3)s2)c1. The maximum absolute atomic E-state index is 11.9. The summed E-state index contributed by atoms with van der Waals surface area (Å²) in [6.07, 6.45) is 2.65. The number of hydrogen-bond donors (Lipinski definition) is 1. The van der Waals surface area contributed by atoms with Crippen LogP contribution in [0, 0.1) is 6.92 Å². The molecule has 0 spiro atoms. The highest BCUT2D eigenvalue weighted by molar-refractivity contribution is 7.15. The Morgan fingerprint density at radius 2 is 2.29 bits per heavy atom. The van der Waals surface area contributed by atoms with Crippen molar-refractivity contribution in [2.75, 3.05) is 7.11 Å². The van der Waals surface area contributed by atoms with Crippen LogP contribution in [0.1, 0.15) is 23.4 Å². The van der Waals surface area contributed by atoms with Crippen LogP contribution in [0.3, 0.4) is 0 Å². The fraction of sp³-hybridized carbons (Fsp3) is 0.375. The van der Waals surface area contributed by atoms with E-state index in [1.54, 1.807) is 18.4 Å². The number of carbonyl (C=O) groups excluding carboxylic acids is 1. The zero-order chi connectivity index (χ0) is 14.8. The molecule has 5 heteroatoms. The van der Waals surface area contributed by atoms with E-state index in [2.05, 4.69) is 10.3 Å². The number of benzene rings is 1. The first-order valence-electron chi connectivity index (χ1n) is 7.06. The third-order valence-electron chi connectivity index (χ3n) is 3.47. The van der Waals surface area contributed by atoms with Gasteiger partial charge < -0.3 is 10.1 Å². The van der Waals surface area contributed by atoms with E-state index in [9.17, 15) is 4.79 Å². The zero-order valence-corrected chi connectivity index (χ0v) is 13.0. The third-order valence-corrected chi connectivity index (χ3v) is 4.68. The predicted octanol–water partition coefficient (Wildman–Crippen LogP) is 2.95. The molecule has 0 aliphatic heterocycles. The van der Waals surface area contributed by atoms with E-state index in [0.29, 0.717) is 12.5 Å². The van der Waals surface area contributed by atoms with Crippen molar-refractivity contribution in [3.05, 3.63) is 34.8 Å². The quantitative estimate of drug-likeness (QED) is 0.924. The number of aromatic nitrogens is 1. The third kappa shape index (κ3) is 3.42. The van der Waals surface area contributed by atoms with E-state index < -0.39 is 0 Å². The summed E-state index contributed by atoms with van der Waals surface area (Å²) in [5.74, 6) is 0.912. The summed E-state index contributed by atoms with van der Waals surface area (Å²) in [5.41, 5.74) is 1.96. The standard InChI is InChI=1S/C16H18N2O2S/c1-10-14(9-15(19)18-12-6-7-12)21-16(17-10)11-4-3-5-13(8-11)20-2/h3-5,8,12H,6-7,9H2,1-2H3,(H,18,19). The van der Waals surface area contributed by atoms with Crippen molar-refractivity contribution in [1.29, 1.82) is 0 Å². The number of thiazole rings is 1. The van der Waals surface area contributed by atoms with E-state index in [-0.39, 0.29) is 5.91 Å². The van der Waals surface area contributed by atoms with Gasteiger partial charge in [0.25, 0.3) is 0 Å². The molecule has 1 aliphatic rings. The molecule has 1 N–H and O–H groups in total. The molecule has 0 unspecified atom stereocenters. The maximum Gasteiger partial charge on any atom is 0.225 e. The molecule has 0 bridgehead atoms. The fourth-order valence-electron chi connectivity index (χ4n) is 2.12. The van der Waals surface area contributed by atoms with Crippen molar-refractivity contribution in [2.24, 2.45) is 0 Å². The molecule has 4 nitrogen and oxygen atoms in total. The first-order valence-corrected chi connectivity index (χ1v) is 7.87. The number of carbonyl (C=O) groups is 1. The molecule has 1 aromatic heterocycles. The Morgan fingerprint density at radius 3 is 3.00 bits per heavy atom. The number of nitrogens with zero attached hydrogens (tertiary/aromatic N) is 1. The average molecular weight is 302 g/mol. The Labute approximate surface area is 128 Å². The zero-order valence-electron chi connectivity index (χ0n) is 12.2. The lowest BCUT2D eigenvalue weighted by atomic mass is 10.2. The first kappa shape index (κ1) is 14.1. The predicted molar refractivity (Wildman–Crippen MR) is 83.7 cm³/mol. The van der Waals surface area contributed by atoms with Gasteiger partial charge in [0.15, 0.2) is 0 Å². The molecular weight excluding hydrogens is 284 g/mol. The highest BCUT2D eigenvalue weighted by Crippen LogP contribution is 2.30. The molecular formula is C16H18N2O2S. The van der Waals surface area contributed by atoms with Crippen LogP contribution in [0.2, 0.25) is 0 Å². The second-order valence-electron chi connectivity index (χ2n) is 5.28. The Hall–Kier alpha value is -1.88. The maximum atomic E-state index is 11.9. The van der Waals surface area contributed by atoms with Crippen LogP contribution >= 0.6 is 11.3 Å². The van der Waals surface area contributed by atoms with E-state index >= 15 is 0 Å². The minimum absolute atomic E-state index is 0.0986. The van der Waals surface area contributed by atoms with Gasteiger partial charge in [-0.05, 0) is 31.9 Å². The second-order valence-corrected chi connectivity index (χ2v) is 6.36. The van der Waals surface area contributed by atoms with Crippen LogP contribution in [-0.4, -0.2) is 24.0 Å². The molecule has 1 aromatic carbocycles. The summed E-state index contributed by atoms with van der Waals surface area (Å²) >= 11 is 1.58. The molecule has 0 saturated heterocycles. The molecule has 1 aliphatic carbocycles. The summed E-state index contributed by atoms with van der Waals surface area (Å²) in [6.45, 7) is 1.96. The molecule has 3 rings (SSSR count). The molecule has 2 aromatic rings. The van der Waals surface area contributed by atoms with Gasteiger partial charge in [0, 0.05) is 16.5 Å². The van der Waals surface area contributed by atoms with Crippen molar-refractivity contribution < 1.29 is 9.53 Å². The highest BCUT2D eigenvalue weighted by atomic mass is 32.1. The number of hydrogen-bond acceptors (Lipinski definition) is 4. The Morgan fingerprint density at radius 1 is 1.48 bits per heavy atom. The fourth-order valence-corrected chi connectivity index (χ4v) is 3.18. The molecule has 1 heterocycles. The van der Waals surface area contributed by atoms with E-state index in [4.69, 9.17) is 4.74 Å². The summed E-state index contributed by atoms with van der Waals surface area (Å²) in [4.78, 5) is 17.5. The van der Waals surface area contributed by atoms with Crippen molar-refractivity contribution in [1.82, 2.24) is 10.3 Å². The van der Waals surface area contributed by atoms with Gasteiger partial charge in [0.1, 0.15) is 10.8 Å². The van der Waals surface area contributed by atoms with Crippen LogP contribution in [0.5, 0.6) is 5.75 Å². The number of amides is 1. The number of ether oxygens (including phenoxy) is 1. The normalized spacial score (nSPS) is 14.0. The molecule has 0 atom stereocenters. The highest BCUT2D eigenvalue weighted by Gasteiger charge is 2.24. The minimum Gasteiger partial charge on any atom is -0.497 e. The van der Waals surface area contributed by atoms with Crippen LogP contribution in [0.25, 0.3) is 10.6 Å². The topological polar surface area (TPSA) is 51.2 Å². The van der Waals surface area contributed by atoms with Crippen LogP contribution in [0.15, 0.2) is 24.3 Å². The average Bonchev–Trinajstić information content (AvgIpc) is 3.22. The largest absolute Gasteiger partial charge is 0.497 e. The summed E-state index contributed by atoms with van der Waals surface area (Å²) in [5, 5.41) is 3.95. The number of aryl methyl sites for hydroxylation is 1. The Kier molecular flexibility index (Phi) is 3.92. The number of rotatable bonds is 5. The van der Waals surface area contributed by atoms with Crippen LogP contribution in [-0.2, 0) is 11.2 Å². The molecule has 110 valence electrons. The van der Waals surface area contributed by atoms with Crippen molar-refractivity contribution in [3.63, 3.8) is 0 Å². The molecule has 1 fully saturated rings. The lowest BCUT2D eigenvalue weighted by Crippen LogP contribution is -2.26. The molecule has 1 amide bonds. The van der Waals surface area contributed by atoms with Crippen molar-refractivity contribution >= 4 is 17.2 Å². The number of nitrogens with one attached hydrogen (secondary N) is 1. The monoisotopic (exact) mass is 302 g/mol. The minimum atomic E-state index is 0.0986. The second kappa shape index (κ2) is 5.85. The Bertz CT molecular complexity index is 662. The molecule has 21 heavy (non-hydrogen) atoms.